The number of nitrogens with zero attached hydrogens (tertiary/aromatic N) is 2. The highest BCUT2D eigenvalue weighted by molar-refractivity contribution is 7.10. The van der Waals surface area contributed by atoms with E-state index < -0.39 is 6.10 Å². The van der Waals surface area contributed by atoms with Crippen LogP contribution in [0.5, 0.6) is 5.75 Å². The lowest BCUT2D eigenvalue weighted by molar-refractivity contribution is -0.136. The number of ether oxygens (including phenoxy) is 2. The van der Waals surface area contributed by atoms with Crippen molar-refractivity contribution in [2.24, 2.45) is 0 Å². The van der Waals surface area contributed by atoms with E-state index in [9.17, 15) is 9.90 Å². The standard InChI is InChI=1S/C28H42N2O4S/c1-7-12-29(16-22(31)18-34-28(4,5)6)17-27(32)30-13-10-26-23(11-14-35-26)24(30)19-33-25-9-8-20(2)15-21(25)3/h8-9,11,14-15,22,24,31H,7,10,12-13,16-19H2,1-6H3. The third-order valence-corrected chi connectivity index (χ3v) is 7.22. The fourth-order valence-electron chi connectivity index (χ4n) is 4.53. The van der Waals surface area contributed by atoms with Gasteiger partial charge in [-0.05, 0) is 82.6 Å². The molecule has 0 saturated carbocycles. The Bertz CT molecular complexity index is 968. The lowest BCUT2D eigenvalue weighted by atomic mass is 10.00. The summed E-state index contributed by atoms with van der Waals surface area (Å²) < 4.78 is 12.0. The first-order valence-electron chi connectivity index (χ1n) is 12.7. The molecule has 1 aliphatic rings. The average Bonchev–Trinajstić information content (AvgIpc) is 3.26. The van der Waals surface area contributed by atoms with Gasteiger partial charge in [0.25, 0.3) is 0 Å². The fraction of sp³-hybridized carbons (Fsp3) is 0.607. The number of rotatable bonds is 11. The number of carbonyl (C=O) groups is 1. The van der Waals surface area contributed by atoms with Crippen LogP contribution in [-0.2, 0) is 16.0 Å². The molecule has 6 nitrogen and oxygen atoms in total. The Morgan fingerprint density at radius 2 is 2.06 bits per heavy atom. The minimum absolute atomic E-state index is 0.0773. The van der Waals surface area contributed by atoms with E-state index in [0.717, 1.165) is 30.7 Å². The van der Waals surface area contributed by atoms with Gasteiger partial charge in [0.1, 0.15) is 12.4 Å². The second-order valence-electron chi connectivity index (χ2n) is 10.5. The largest absolute Gasteiger partial charge is 0.491 e. The Labute approximate surface area is 214 Å². The lowest BCUT2D eigenvalue weighted by Crippen LogP contribution is -2.48. The van der Waals surface area contributed by atoms with Crippen LogP contribution in [0, 0.1) is 13.8 Å². The van der Waals surface area contributed by atoms with Gasteiger partial charge in [0.05, 0.1) is 30.9 Å². The van der Waals surface area contributed by atoms with Crippen LogP contribution in [0.15, 0.2) is 29.6 Å². The number of aliphatic hydroxyl groups is 1. The number of thiophene rings is 1. The van der Waals surface area contributed by atoms with Gasteiger partial charge < -0.3 is 19.5 Å². The summed E-state index contributed by atoms with van der Waals surface area (Å²) in [5, 5.41) is 12.6. The summed E-state index contributed by atoms with van der Waals surface area (Å²) in [6, 6.07) is 8.20. The van der Waals surface area contributed by atoms with Crippen molar-refractivity contribution in [3.05, 3.63) is 51.2 Å². The SMILES string of the molecule is CCCN(CC(=O)N1CCc2sccc2C1COc1ccc(C)cc1C)CC(O)COC(C)(C)C. The average molecular weight is 503 g/mol. The minimum Gasteiger partial charge on any atom is -0.491 e. The van der Waals surface area contributed by atoms with E-state index in [1.165, 1.54) is 16.0 Å². The van der Waals surface area contributed by atoms with Gasteiger partial charge in [0.2, 0.25) is 5.91 Å². The summed E-state index contributed by atoms with van der Waals surface area (Å²) in [6.45, 7) is 15.0. The van der Waals surface area contributed by atoms with E-state index in [1.807, 2.05) is 36.6 Å². The van der Waals surface area contributed by atoms with E-state index in [2.05, 4.69) is 44.4 Å². The Morgan fingerprint density at radius 1 is 1.29 bits per heavy atom. The zero-order valence-corrected chi connectivity index (χ0v) is 23.0. The summed E-state index contributed by atoms with van der Waals surface area (Å²) >= 11 is 1.76. The van der Waals surface area contributed by atoms with Gasteiger partial charge in [0.15, 0.2) is 0 Å². The van der Waals surface area contributed by atoms with E-state index >= 15 is 0 Å². The van der Waals surface area contributed by atoms with Gasteiger partial charge in [-0.15, -0.1) is 11.3 Å². The molecule has 1 aromatic heterocycles. The number of amides is 1. The molecule has 2 aromatic rings. The molecule has 194 valence electrons. The number of hydrogen-bond acceptors (Lipinski definition) is 6. The summed E-state index contributed by atoms with van der Waals surface area (Å²) in [6.07, 6.45) is 1.14. The molecular weight excluding hydrogens is 460 g/mol. The van der Waals surface area contributed by atoms with Crippen LogP contribution in [0.1, 0.15) is 61.7 Å². The van der Waals surface area contributed by atoms with Crippen LogP contribution < -0.4 is 4.74 Å². The number of fused-ring (bicyclic) bond motifs is 1. The summed E-state index contributed by atoms with van der Waals surface area (Å²) in [5.41, 5.74) is 3.20. The predicted octanol–water partition coefficient (Wildman–Crippen LogP) is 4.76. The lowest BCUT2D eigenvalue weighted by Gasteiger charge is -2.37. The molecule has 1 N–H and O–H groups in total. The maximum absolute atomic E-state index is 13.6. The Hall–Kier alpha value is -1.93. The normalized spacial score (nSPS) is 16.9. The molecule has 35 heavy (non-hydrogen) atoms. The molecule has 0 bridgehead atoms. The van der Waals surface area contributed by atoms with Crippen molar-refractivity contribution < 1.29 is 19.4 Å². The molecule has 0 saturated heterocycles. The molecular formula is C28H42N2O4S. The minimum atomic E-state index is -0.637. The highest BCUT2D eigenvalue weighted by Crippen LogP contribution is 2.34. The molecule has 2 atom stereocenters. The van der Waals surface area contributed by atoms with Crippen LogP contribution in [0.4, 0.5) is 0 Å². The summed E-state index contributed by atoms with van der Waals surface area (Å²) in [7, 11) is 0. The first-order chi connectivity index (χ1) is 16.6. The van der Waals surface area contributed by atoms with Gasteiger partial charge in [0, 0.05) is 18.0 Å². The topological polar surface area (TPSA) is 62.2 Å². The van der Waals surface area contributed by atoms with Gasteiger partial charge in [-0.25, -0.2) is 0 Å². The number of benzene rings is 1. The van der Waals surface area contributed by atoms with Gasteiger partial charge in [-0.3, -0.25) is 9.69 Å². The molecule has 3 rings (SSSR count). The second kappa shape index (κ2) is 12.3. The maximum atomic E-state index is 13.6. The third kappa shape index (κ3) is 8.04. The van der Waals surface area contributed by atoms with E-state index in [1.54, 1.807) is 11.3 Å². The van der Waals surface area contributed by atoms with Gasteiger partial charge in [-0.1, -0.05) is 24.6 Å². The predicted molar refractivity (Wildman–Crippen MR) is 142 cm³/mol. The van der Waals surface area contributed by atoms with Crippen molar-refractivity contribution in [3.63, 3.8) is 0 Å². The fourth-order valence-corrected chi connectivity index (χ4v) is 5.46. The van der Waals surface area contributed by atoms with E-state index in [0.29, 0.717) is 19.7 Å². The van der Waals surface area contributed by atoms with Gasteiger partial charge in [-0.2, -0.15) is 0 Å². The zero-order valence-electron chi connectivity index (χ0n) is 22.2. The van der Waals surface area contributed by atoms with Crippen LogP contribution >= 0.6 is 11.3 Å². The molecule has 1 aliphatic heterocycles. The van der Waals surface area contributed by atoms with Crippen LogP contribution in [0.25, 0.3) is 0 Å². The van der Waals surface area contributed by atoms with Crippen molar-refractivity contribution in [3.8, 4) is 5.75 Å². The number of hydrogen-bond donors (Lipinski definition) is 1. The first-order valence-corrected chi connectivity index (χ1v) is 13.6. The third-order valence-electron chi connectivity index (χ3n) is 6.22. The van der Waals surface area contributed by atoms with Crippen molar-refractivity contribution in [2.45, 2.75) is 72.1 Å². The highest BCUT2D eigenvalue weighted by Gasteiger charge is 2.33. The molecule has 2 unspecified atom stereocenters. The van der Waals surface area contributed by atoms with Crippen LogP contribution in [0.3, 0.4) is 0 Å². The highest BCUT2D eigenvalue weighted by atomic mass is 32.1. The summed E-state index contributed by atoms with van der Waals surface area (Å²) in [5.74, 6) is 0.938. The van der Waals surface area contributed by atoms with E-state index in [-0.39, 0.29) is 30.7 Å². The Kier molecular flexibility index (Phi) is 9.76. The molecule has 0 fully saturated rings. The molecule has 1 amide bonds. The number of aliphatic hydroxyl groups excluding tert-OH is 1. The molecule has 0 spiro atoms. The monoisotopic (exact) mass is 502 g/mol. The molecule has 2 heterocycles. The van der Waals surface area contributed by atoms with Crippen molar-refractivity contribution in [1.82, 2.24) is 9.80 Å². The second-order valence-corrected chi connectivity index (χ2v) is 11.5. The van der Waals surface area contributed by atoms with E-state index in [4.69, 9.17) is 9.47 Å². The zero-order chi connectivity index (χ0) is 25.6. The van der Waals surface area contributed by atoms with Crippen molar-refractivity contribution in [1.29, 1.82) is 0 Å². The molecule has 7 heteroatoms. The van der Waals surface area contributed by atoms with Crippen LogP contribution in [-0.4, -0.2) is 71.9 Å². The van der Waals surface area contributed by atoms with Crippen molar-refractivity contribution >= 4 is 17.2 Å². The first kappa shape index (κ1) is 27.7. The number of carbonyl (C=O) groups excluding carboxylic acids is 1. The van der Waals surface area contributed by atoms with Crippen molar-refractivity contribution in [2.75, 3.05) is 39.4 Å². The van der Waals surface area contributed by atoms with Gasteiger partial charge >= 0.3 is 0 Å². The molecule has 1 aromatic carbocycles. The quantitative estimate of drug-likeness (QED) is 0.480. The maximum Gasteiger partial charge on any atom is 0.237 e. The smallest absolute Gasteiger partial charge is 0.237 e. The Morgan fingerprint density at radius 3 is 2.74 bits per heavy atom. The van der Waals surface area contributed by atoms with Crippen LogP contribution in [0.2, 0.25) is 0 Å². The molecule has 0 radical (unpaired) electrons. The Balaban J connectivity index is 1.69. The summed E-state index contributed by atoms with van der Waals surface area (Å²) in [4.78, 5) is 18.9. The molecule has 0 aliphatic carbocycles. The number of aryl methyl sites for hydroxylation is 2.